The summed E-state index contributed by atoms with van der Waals surface area (Å²) in [7, 11) is 3.77. The molecule has 0 spiro atoms. The molecule has 224 valence electrons. The Labute approximate surface area is 255 Å². The number of nitrogens with one attached hydrogen (secondary N) is 1. The van der Waals surface area contributed by atoms with E-state index in [1.54, 1.807) is 36.7 Å². The van der Waals surface area contributed by atoms with Gasteiger partial charge in [0.1, 0.15) is 0 Å². The van der Waals surface area contributed by atoms with E-state index < -0.39 is 11.9 Å². The molecule has 0 unspecified atom stereocenters. The van der Waals surface area contributed by atoms with Crippen molar-refractivity contribution in [1.82, 2.24) is 25.1 Å². The van der Waals surface area contributed by atoms with Gasteiger partial charge in [0.05, 0.1) is 11.7 Å². The standard InChI is InChI=1S/C31H36ClN9O2/c1-40(2)31-35-17-24(18-36-31)23-5-3-4-20(14-23)15-26(34)29(43)41(28(42)22-8-6-19(16-33)7-9-22)25-12-10-21(11-13-25)27-37-30(32)39-38-27/h3-5,10-14,17-19,22,26H,6-9,15-16,33-34H2,1-2H3,(H,37,38,39)/t19?,22?,26-/m0/s1. The van der Waals surface area contributed by atoms with Gasteiger partial charge >= 0.3 is 0 Å². The zero-order chi connectivity index (χ0) is 30.5. The largest absolute Gasteiger partial charge is 0.347 e. The van der Waals surface area contributed by atoms with Gasteiger partial charge in [-0.05, 0) is 91.6 Å². The number of hydrogen-bond donors (Lipinski definition) is 3. The normalized spacial score (nSPS) is 17.3. The molecule has 43 heavy (non-hydrogen) atoms. The van der Waals surface area contributed by atoms with Crippen molar-refractivity contribution in [3.8, 4) is 22.5 Å². The Morgan fingerprint density at radius 3 is 2.30 bits per heavy atom. The number of aromatic nitrogens is 5. The van der Waals surface area contributed by atoms with Crippen molar-refractivity contribution in [3.63, 3.8) is 0 Å². The molecule has 2 amide bonds. The SMILES string of the molecule is CN(C)c1ncc(-c2cccc(C[C@H](N)C(=O)N(C(=O)C3CCC(CN)CC3)c3ccc(-c4n[nH]c(Cl)n4)cc3)c2)cn1. The number of H-pyrrole nitrogens is 1. The molecule has 0 saturated heterocycles. The summed E-state index contributed by atoms with van der Waals surface area (Å²) in [5.41, 5.74) is 16.2. The summed E-state index contributed by atoms with van der Waals surface area (Å²) >= 11 is 5.89. The summed E-state index contributed by atoms with van der Waals surface area (Å²) in [6, 6.07) is 13.8. The molecular weight excluding hydrogens is 566 g/mol. The second-order valence-electron chi connectivity index (χ2n) is 11.1. The predicted molar refractivity (Wildman–Crippen MR) is 167 cm³/mol. The monoisotopic (exact) mass is 601 g/mol. The van der Waals surface area contributed by atoms with Crippen LogP contribution in [0.1, 0.15) is 31.2 Å². The molecule has 1 atom stereocenters. The molecule has 0 radical (unpaired) electrons. The maximum Gasteiger partial charge on any atom is 0.251 e. The Morgan fingerprint density at radius 2 is 1.70 bits per heavy atom. The molecule has 1 saturated carbocycles. The Hall–Kier alpha value is -4.19. The number of nitrogens with two attached hydrogens (primary N) is 2. The second kappa shape index (κ2) is 13.4. The van der Waals surface area contributed by atoms with Gasteiger partial charge in [0.15, 0.2) is 5.82 Å². The third kappa shape index (κ3) is 7.07. The van der Waals surface area contributed by atoms with Gasteiger partial charge in [-0.3, -0.25) is 9.59 Å². The predicted octanol–water partition coefficient (Wildman–Crippen LogP) is 3.84. The van der Waals surface area contributed by atoms with Crippen molar-refractivity contribution < 1.29 is 9.59 Å². The molecule has 5 N–H and O–H groups in total. The first-order valence-corrected chi connectivity index (χ1v) is 14.7. The van der Waals surface area contributed by atoms with Crippen LogP contribution < -0.4 is 21.3 Å². The van der Waals surface area contributed by atoms with Gasteiger partial charge in [0.2, 0.25) is 17.1 Å². The van der Waals surface area contributed by atoms with Crippen molar-refractivity contribution in [1.29, 1.82) is 0 Å². The molecular formula is C31H36ClN9O2. The number of rotatable bonds is 9. The van der Waals surface area contributed by atoms with E-state index in [0.717, 1.165) is 29.5 Å². The minimum Gasteiger partial charge on any atom is -0.347 e. The van der Waals surface area contributed by atoms with E-state index in [-0.39, 0.29) is 23.5 Å². The molecule has 1 aliphatic rings. The number of carbonyl (C=O) groups excluding carboxylic acids is 2. The molecule has 0 bridgehead atoms. The van der Waals surface area contributed by atoms with Gasteiger partial charge < -0.3 is 16.4 Å². The highest BCUT2D eigenvalue weighted by Gasteiger charge is 2.35. The Morgan fingerprint density at radius 1 is 1.00 bits per heavy atom. The van der Waals surface area contributed by atoms with Gasteiger partial charge in [-0.1, -0.05) is 24.3 Å². The van der Waals surface area contributed by atoms with Crippen molar-refractivity contribution in [2.24, 2.45) is 23.3 Å². The van der Waals surface area contributed by atoms with Gasteiger partial charge in [-0.25, -0.2) is 20.0 Å². The number of nitrogens with zero attached hydrogens (tertiary/aromatic N) is 6. The topological polar surface area (TPSA) is 160 Å². The summed E-state index contributed by atoms with van der Waals surface area (Å²) in [5, 5.41) is 6.86. The summed E-state index contributed by atoms with van der Waals surface area (Å²) in [6.45, 7) is 0.603. The highest BCUT2D eigenvalue weighted by molar-refractivity contribution is 6.28. The van der Waals surface area contributed by atoms with Crippen LogP contribution in [-0.4, -0.2) is 63.6 Å². The molecule has 2 aromatic carbocycles. The van der Waals surface area contributed by atoms with Crippen LogP contribution in [0, 0.1) is 11.8 Å². The molecule has 1 fully saturated rings. The van der Waals surface area contributed by atoms with Crippen LogP contribution in [0.25, 0.3) is 22.5 Å². The van der Waals surface area contributed by atoms with E-state index in [0.29, 0.717) is 48.3 Å². The van der Waals surface area contributed by atoms with E-state index in [1.807, 2.05) is 43.3 Å². The maximum absolute atomic E-state index is 14.0. The first-order chi connectivity index (χ1) is 20.7. The summed E-state index contributed by atoms with van der Waals surface area (Å²) in [4.78, 5) is 43.9. The van der Waals surface area contributed by atoms with Gasteiger partial charge in [0, 0.05) is 43.5 Å². The number of imide groups is 1. The lowest BCUT2D eigenvalue weighted by molar-refractivity contribution is -0.130. The smallest absolute Gasteiger partial charge is 0.251 e. The number of halogens is 1. The first-order valence-electron chi connectivity index (χ1n) is 14.3. The van der Waals surface area contributed by atoms with Crippen LogP contribution in [0.5, 0.6) is 0 Å². The first kappa shape index (κ1) is 30.3. The molecule has 2 aromatic heterocycles. The molecule has 11 nitrogen and oxygen atoms in total. The van der Waals surface area contributed by atoms with Gasteiger partial charge in [-0.2, -0.15) is 10.1 Å². The van der Waals surface area contributed by atoms with Crippen molar-refractivity contribution in [3.05, 3.63) is 71.8 Å². The van der Waals surface area contributed by atoms with Crippen LogP contribution in [-0.2, 0) is 16.0 Å². The summed E-state index contributed by atoms with van der Waals surface area (Å²) in [6.07, 6.45) is 6.87. The molecule has 1 aliphatic carbocycles. The Kier molecular flexibility index (Phi) is 9.44. The highest BCUT2D eigenvalue weighted by atomic mass is 35.5. The molecule has 12 heteroatoms. The zero-order valence-corrected chi connectivity index (χ0v) is 25.0. The number of hydrogen-bond acceptors (Lipinski definition) is 9. The highest BCUT2D eigenvalue weighted by Crippen LogP contribution is 2.32. The minimum absolute atomic E-state index is 0.173. The van der Waals surface area contributed by atoms with E-state index in [4.69, 9.17) is 23.1 Å². The third-order valence-electron chi connectivity index (χ3n) is 7.88. The average Bonchev–Trinajstić information content (AvgIpc) is 3.47. The van der Waals surface area contributed by atoms with E-state index in [2.05, 4.69) is 25.1 Å². The molecule has 4 aromatic rings. The van der Waals surface area contributed by atoms with Gasteiger partial charge in [-0.15, -0.1) is 0 Å². The lowest BCUT2D eigenvalue weighted by atomic mass is 9.81. The number of anilines is 2. The number of aromatic amines is 1. The van der Waals surface area contributed by atoms with E-state index in [1.165, 1.54) is 4.90 Å². The quantitative estimate of drug-likeness (QED) is 0.259. The summed E-state index contributed by atoms with van der Waals surface area (Å²) < 4.78 is 0. The van der Waals surface area contributed by atoms with Crippen LogP contribution >= 0.6 is 11.6 Å². The molecule has 2 heterocycles. The van der Waals surface area contributed by atoms with Crippen LogP contribution in [0.4, 0.5) is 11.6 Å². The van der Waals surface area contributed by atoms with Crippen molar-refractivity contribution in [2.45, 2.75) is 38.1 Å². The van der Waals surface area contributed by atoms with Gasteiger partial charge in [0.25, 0.3) is 5.91 Å². The van der Waals surface area contributed by atoms with Crippen molar-refractivity contribution >= 4 is 35.1 Å². The van der Waals surface area contributed by atoms with E-state index in [9.17, 15) is 9.59 Å². The maximum atomic E-state index is 14.0. The van der Waals surface area contributed by atoms with Crippen LogP contribution in [0.2, 0.25) is 5.28 Å². The summed E-state index contributed by atoms with van der Waals surface area (Å²) in [5.74, 6) is 0.462. The fourth-order valence-corrected chi connectivity index (χ4v) is 5.53. The Bertz CT molecular complexity index is 1550. The minimum atomic E-state index is -0.946. The number of carbonyl (C=O) groups is 2. The molecule has 0 aliphatic heterocycles. The lowest BCUT2D eigenvalue weighted by Gasteiger charge is -2.32. The third-order valence-corrected chi connectivity index (χ3v) is 8.05. The fourth-order valence-electron chi connectivity index (χ4n) is 5.41. The molecule has 5 rings (SSSR count). The van der Waals surface area contributed by atoms with Crippen LogP contribution in [0.15, 0.2) is 60.9 Å². The van der Waals surface area contributed by atoms with Crippen molar-refractivity contribution in [2.75, 3.05) is 30.4 Å². The fraction of sp³-hybridized carbons (Fsp3) is 0.355. The van der Waals surface area contributed by atoms with Crippen LogP contribution in [0.3, 0.4) is 0 Å². The van der Waals surface area contributed by atoms with E-state index >= 15 is 0 Å². The number of amides is 2. The number of benzene rings is 2. The second-order valence-corrected chi connectivity index (χ2v) is 11.5. The lowest BCUT2D eigenvalue weighted by Crippen LogP contribution is -2.50. The zero-order valence-electron chi connectivity index (χ0n) is 24.3. The average molecular weight is 602 g/mol. The Balaban J connectivity index is 1.38.